The van der Waals surface area contributed by atoms with Gasteiger partial charge in [0, 0.05) is 35.7 Å². The van der Waals surface area contributed by atoms with Crippen LogP contribution in [-0.2, 0) is 0 Å². The first-order chi connectivity index (χ1) is 10.0. The third-order valence-corrected chi connectivity index (χ3v) is 5.41. The Kier molecular flexibility index (Phi) is 4.91. The Labute approximate surface area is 130 Å². The van der Waals surface area contributed by atoms with Crippen LogP contribution in [0.3, 0.4) is 0 Å². The van der Waals surface area contributed by atoms with Crippen LogP contribution in [0.2, 0.25) is 0 Å². The average Bonchev–Trinajstić information content (AvgIpc) is 2.81. The molecule has 2 rings (SSSR count). The van der Waals surface area contributed by atoms with E-state index in [1.165, 1.54) is 0 Å². The highest BCUT2D eigenvalue weighted by Gasteiger charge is 2.47. The molecule has 2 unspecified atom stereocenters. The first kappa shape index (κ1) is 16.3. The lowest BCUT2D eigenvalue weighted by molar-refractivity contribution is 0.268. The molecule has 0 saturated carbocycles. The second-order valence-electron chi connectivity index (χ2n) is 5.35. The fourth-order valence-electron chi connectivity index (χ4n) is 3.00. The van der Waals surface area contributed by atoms with Crippen molar-refractivity contribution in [1.82, 2.24) is 4.90 Å². The van der Waals surface area contributed by atoms with Gasteiger partial charge >= 0.3 is 0 Å². The molecule has 1 N–H and O–H groups in total. The molecule has 1 aliphatic heterocycles. The summed E-state index contributed by atoms with van der Waals surface area (Å²) in [4.78, 5) is 1.75. The third-order valence-electron chi connectivity index (χ3n) is 4.44. The smallest absolute Gasteiger partial charge is 0.129 e. The molecule has 0 aromatic heterocycles. The minimum atomic E-state index is -0.408. The number of benzene rings is 1. The molecule has 1 aromatic rings. The number of likely N-dealkylation sites (tertiary alicyclic amines) is 1. The van der Waals surface area contributed by atoms with Crippen molar-refractivity contribution in [2.24, 2.45) is 0 Å². The average molecular weight is 313 g/mol. The van der Waals surface area contributed by atoms with Crippen LogP contribution in [0.1, 0.15) is 24.8 Å². The fraction of sp³-hybridized carbons (Fsp3) is 0.600. The van der Waals surface area contributed by atoms with Gasteiger partial charge in [0.05, 0.1) is 26.2 Å². The summed E-state index contributed by atoms with van der Waals surface area (Å²) in [5.41, 5.74) is 0.981. The lowest BCUT2D eigenvalue weighted by Gasteiger charge is -2.35. The number of methoxy groups -OCH3 is 3. The summed E-state index contributed by atoms with van der Waals surface area (Å²) in [5.74, 6) is 2.25. The van der Waals surface area contributed by atoms with E-state index in [1.54, 1.807) is 21.3 Å². The molecule has 1 aromatic carbocycles. The van der Waals surface area contributed by atoms with Crippen molar-refractivity contribution in [2.45, 2.75) is 24.1 Å². The Bertz CT molecular complexity index is 485. The van der Waals surface area contributed by atoms with Crippen molar-refractivity contribution < 1.29 is 18.8 Å². The largest absolute Gasteiger partial charge is 0.496 e. The second-order valence-corrected chi connectivity index (χ2v) is 6.36. The summed E-state index contributed by atoms with van der Waals surface area (Å²) < 4.78 is 26.2. The molecule has 0 bridgehead atoms. The number of hydrogen-bond acceptors (Lipinski definition) is 6. The first-order valence-corrected chi connectivity index (χ1v) is 7.62. The summed E-state index contributed by atoms with van der Waals surface area (Å²) in [6.45, 7) is 2.95. The molecular formula is C15H23NO4S. The second kappa shape index (κ2) is 6.34. The maximum absolute atomic E-state index is 9.82. The van der Waals surface area contributed by atoms with Crippen LogP contribution in [0, 0.1) is 0 Å². The SMILES string of the molecule is COc1cc(OC)c(C2CCN(C)C2(C)SO)c(OC)c1. The predicted octanol–water partition coefficient (Wildman–Crippen LogP) is 3.05. The lowest BCUT2D eigenvalue weighted by atomic mass is 9.90. The Morgan fingerprint density at radius 3 is 2.19 bits per heavy atom. The molecule has 0 aliphatic carbocycles. The van der Waals surface area contributed by atoms with E-state index < -0.39 is 4.87 Å². The van der Waals surface area contributed by atoms with Crippen LogP contribution in [-0.4, -0.2) is 49.2 Å². The molecule has 1 heterocycles. The zero-order valence-electron chi connectivity index (χ0n) is 13.2. The topological polar surface area (TPSA) is 51.2 Å². The molecule has 118 valence electrons. The van der Waals surface area contributed by atoms with E-state index in [2.05, 4.69) is 4.90 Å². The van der Waals surface area contributed by atoms with Crippen molar-refractivity contribution in [1.29, 1.82) is 0 Å². The van der Waals surface area contributed by atoms with Gasteiger partial charge in [-0.25, -0.2) is 0 Å². The number of nitrogens with zero attached hydrogens (tertiary/aromatic N) is 1. The highest BCUT2D eigenvalue weighted by atomic mass is 32.2. The van der Waals surface area contributed by atoms with E-state index in [0.29, 0.717) is 5.75 Å². The van der Waals surface area contributed by atoms with Crippen molar-refractivity contribution in [3.05, 3.63) is 17.7 Å². The van der Waals surface area contributed by atoms with Gasteiger partial charge in [0.2, 0.25) is 0 Å². The van der Waals surface area contributed by atoms with Gasteiger partial charge in [-0.15, -0.1) is 0 Å². The van der Waals surface area contributed by atoms with E-state index >= 15 is 0 Å². The summed E-state index contributed by atoms with van der Waals surface area (Å²) in [7, 11) is 6.91. The maximum Gasteiger partial charge on any atom is 0.129 e. The zero-order valence-corrected chi connectivity index (χ0v) is 14.0. The highest BCUT2D eigenvalue weighted by Crippen LogP contribution is 2.52. The van der Waals surface area contributed by atoms with Gasteiger partial charge in [0.15, 0.2) is 0 Å². The number of rotatable bonds is 5. The summed E-state index contributed by atoms with van der Waals surface area (Å²) in [6, 6.07) is 3.72. The molecule has 2 atom stereocenters. The van der Waals surface area contributed by atoms with Gasteiger partial charge in [-0.05, 0) is 26.9 Å². The van der Waals surface area contributed by atoms with Crippen molar-refractivity contribution >= 4 is 12.0 Å². The van der Waals surface area contributed by atoms with Crippen LogP contribution in [0.4, 0.5) is 0 Å². The molecule has 1 aliphatic rings. The molecule has 1 saturated heterocycles. The molecule has 21 heavy (non-hydrogen) atoms. The third kappa shape index (κ3) is 2.67. The molecule has 5 nitrogen and oxygen atoms in total. The van der Waals surface area contributed by atoms with Crippen LogP contribution < -0.4 is 14.2 Å². The van der Waals surface area contributed by atoms with Crippen molar-refractivity contribution in [2.75, 3.05) is 34.9 Å². The van der Waals surface area contributed by atoms with Crippen molar-refractivity contribution in [3.63, 3.8) is 0 Å². The molecule has 0 radical (unpaired) electrons. The van der Waals surface area contributed by atoms with E-state index in [1.807, 2.05) is 26.1 Å². The van der Waals surface area contributed by atoms with E-state index in [9.17, 15) is 4.55 Å². The minimum absolute atomic E-state index is 0.105. The molecule has 0 spiro atoms. The van der Waals surface area contributed by atoms with Crippen LogP contribution in [0.5, 0.6) is 17.2 Å². The number of likely N-dealkylation sites (N-methyl/N-ethyl adjacent to an activating group) is 1. The minimum Gasteiger partial charge on any atom is -0.496 e. The van der Waals surface area contributed by atoms with Gasteiger partial charge in [0.1, 0.15) is 17.2 Å². The molecular weight excluding hydrogens is 290 g/mol. The van der Waals surface area contributed by atoms with Gasteiger partial charge in [-0.2, -0.15) is 0 Å². The quantitative estimate of drug-likeness (QED) is 0.843. The standard InChI is InChI=1S/C15H23NO4S/c1-15(21-17)11(6-7-16(15)2)14-12(19-4)8-10(18-3)9-13(14)20-5/h8-9,11,17H,6-7H2,1-5H3. The lowest BCUT2D eigenvalue weighted by Crippen LogP contribution is -2.38. The van der Waals surface area contributed by atoms with Crippen LogP contribution in [0.15, 0.2) is 12.1 Å². The number of hydrogen-bond donors (Lipinski definition) is 1. The van der Waals surface area contributed by atoms with Gasteiger partial charge in [0.25, 0.3) is 0 Å². The van der Waals surface area contributed by atoms with Crippen LogP contribution in [0.25, 0.3) is 0 Å². The summed E-state index contributed by atoms with van der Waals surface area (Å²) in [6.07, 6.45) is 0.930. The van der Waals surface area contributed by atoms with E-state index in [-0.39, 0.29) is 5.92 Å². The zero-order chi connectivity index (χ0) is 15.6. The van der Waals surface area contributed by atoms with Gasteiger partial charge in [-0.1, -0.05) is 0 Å². The molecule has 6 heteroatoms. The van der Waals surface area contributed by atoms with E-state index in [4.69, 9.17) is 14.2 Å². The normalized spacial score (nSPS) is 25.9. The Morgan fingerprint density at radius 2 is 1.76 bits per heavy atom. The summed E-state index contributed by atoms with van der Waals surface area (Å²) >= 11 is 0.878. The maximum atomic E-state index is 9.82. The van der Waals surface area contributed by atoms with Crippen LogP contribution >= 0.6 is 12.0 Å². The first-order valence-electron chi connectivity index (χ1n) is 6.85. The predicted molar refractivity (Wildman–Crippen MR) is 84.7 cm³/mol. The van der Waals surface area contributed by atoms with E-state index in [0.717, 1.165) is 42.1 Å². The molecule has 1 fully saturated rings. The Morgan fingerprint density at radius 1 is 1.19 bits per heavy atom. The summed E-state index contributed by atoms with van der Waals surface area (Å²) in [5, 5.41) is 0. The Balaban J connectivity index is 2.57. The van der Waals surface area contributed by atoms with Gasteiger partial charge in [-0.3, -0.25) is 4.90 Å². The van der Waals surface area contributed by atoms with Gasteiger partial charge < -0.3 is 18.8 Å². The molecule has 0 amide bonds. The van der Waals surface area contributed by atoms with Crippen molar-refractivity contribution in [3.8, 4) is 17.2 Å². The Hall–Kier alpha value is -1.11. The fourth-order valence-corrected chi connectivity index (χ4v) is 3.59. The number of ether oxygens (including phenoxy) is 3. The highest BCUT2D eigenvalue weighted by molar-refractivity contribution is 7.95. The monoisotopic (exact) mass is 313 g/mol.